The Balaban J connectivity index is 2.49. The second-order valence-electron chi connectivity index (χ2n) is 6.88. The molecule has 118 valence electrons. The normalized spacial score (nSPS) is 33.0. The summed E-state index contributed by atoms with van der Waals surface area (Å²) in [5.74, 6) is 0.674. The summed E-state index contributed by atoms with van der Waals surface area (Å²) in [6, 6.07) is 0.334. The standard InChI is InChI=1S/C16H27N2O3/c1-7-18(14(19)21-6)13(20-5)17-12-15(2,3)11-8-9-16(12,4)10-11/h11H,7-10H2,1-6H3/q+1. The largest absolute Gasteiger partial charge is 0.509 e. The van der Waals surface area contributed by atoms with Crippen molar-refractivity contribution in [1.82, 2.24) is 0 Å². The number of rotatable bonds is 1. The van der Waals surface area contributed by atoms with Gasteiger partial charge in [-0.15, -0.1) is 4.58 Å². The molecule has 2 aliphatic carbocycles. The Labute approximate surface area is 127 Å². The first-order chi connectivity index (χ1) is 9.80. The number of aliphatic imine (C=N–C) groups is 1. The van der Waals surface area contributed by atoms with Crippen molar-refractivity contribution in [3.63, 3.8) is 0 Å². The van der Waals surface area contributed by atoms with E-state index in [1.807, 2.05) is 6.92 Å². The zero-order valence-electron chi connectivity index (χ0n) is 14.0. The lowest BCUT2D eigenvalue weighted by Crippen LogP contribution is -2.38. The second kappa shape index (κ2) is 5.43. The number of nitrogens with zero attached hydrogens (tertiary/aromatic N) is 2. The van der Waals surface area contributed by atoms with Gasteiger partial charge in [-0.25, -0.2) is 0 Å². The highest BCUT2D eigenvalue weighted by molar-refractivity contribution is 6.03. The number of methoxy groups -OCH3 is 2. The zero-order valence-corrected chi connectivity index (χ0v) is 14.0. The van der Waals surface area contributed by atoms with Crippen LogP contribution in [0, 0.1) is 16.7 Å². The molecule has 21 heavy (non-hydrogen) atoms. The fourth-order valence-corrected chi connectivity index (χ4v) is 4.09. The third-order valence-electron chi connectivity index (χ3n) is 5.28. The van der Waals surface area contributed by atoms with Crippen LogP contribution in [-0.2, 0) is 9.47 Å². The number of fused-ring (bicyclic) bond motifs is 2. The van der Waals surface area contributed by atoms with E-state index in [4.69, 9.17) is 14.5 Å². The van der Waals surface area contributed by atoms with Gasteiger partial charge in [-0.2, -0.15) is 4.79 Å². The first kappa shape index (κ1) is 16.0. The van der Waals surface area contributed by atoms with E-state index in [1.165, 1.54) is 30.9 Å². The van der Waals surface area contributed by atoms with E-state index < -0.39 is 6.09 Å². The SMILES string of the molecule is CC/[N+](C(=O)OC)=C(\N=C1\C2(C)CCC(C2)C1(C)C)OC. The predicted octanol–water partition coefficient (Wildman–Crippen LogP) is 3.07. The summed E-state index contributed by atoms with van der Waals surface area (Å²) in [7, 11) is 2.92. The van der Waals surface area contributed by atoms with Crippen LogP contribution in [0.5, 0.6) is 0 Å². The van der Waals surface area contributed by atoms with E-state index in [-0.39, 0.29) is 10.8 Å². The molecule has 0 spiro atoms. The van der Waals surface area contributed by atoms with Crippen LogP contribution in [0.2, 0.25) is 0 Å². The molecule has 2 bridgehead atoms. The summed E-state index contributed by atoms with van der Waals surface area (Å²) >= 11 is 0. The van der Waals surface area contributed by atoms with Crippen LogP contribution >= 0.6 is 0 Å². The Morgan fingerprint density at radius 2 is 2.00 bits per heavy atom. The Hall–Kier alpha value is -1.39. The molecular formula is C16H27N2O3+. The fraction of sp³-hybridized carbons (Fsp3) is 0.812. The maximum Gasteiger partial charge on any atom is 0.509 e. The predicted molar refractivity (Wildman–Crippen MR) is 81.9 cm³/mol. The van der Waals surface area contributed by atoms with Crippen molar-refractivity contribution in [3.05, 3.63) is 0 Å². The van der Waals surface area contributed by atoms with Crippen molar-refractivity contribution >= 4 is 17.8 Å². The van der Waals surface area contributed by atoms with Gasteiger partial charge in [0.05, 0.1) is 20.8 Å². The van der Waals surface area contributed by atoms with Gasteiger partial charge in [0.25, 0.3) is 0 Å². The third-order valence-corrected chi connectivity index (χ3v) is 5.28. The summed E-state index contributed by atoms with van der Waals surface area (Å²) in [5.41, 5.74) is 1.35. The molecule has 0 aromatic rings. The number of amides is 1. The van der Waals surface area contributed by atoms with Crippen LogP contribution in [0.15, 0.2) is 4.99 Å². The number of amidine groups is 1. The maximum absolute atomic E-state index is 11.9. The van der Waals surface area contributed by atoms with Crippen LogP contribution < -0.4 is 0 Å². The van der Waals surface area contributed by atoms with Gasteiger partial charge in [0, 0.05) is 10.8 Å². The summed E-state index contributed by atoms with van der Waals surface area (Å²) in [5, 5.41) is 0. The van der Waals surface area contributed by atoms with Gasteiger partial charge in [0.15, 0.2) is 0 Å². The van der Waals surface area contributed by atoms with Crippen molar-refractivity contribution in [1.29, 1.82) is 0 Å². The van der Waals surface area contributed by atoms with Crippen LogP contribution in [0.1, 0.15) is 47.0 Å². The molecule has 2 saturated carbocycles. The van der Waals surface area contributed by atoms with E-state index in [1.54, 1.807) is 7.11 Å². The minimum absolute atomic E-state index is 0.0618. The van der Waals surface area contributed by atoms with Gasteiger partial charge in [0.1, 0.15) is 5.71 Å². The molecule has 2 unspecified atom stereocenters. The number of carbonyl (C=O) groups excluding carboxylic acids is 1. The molecule has 2 aliphatic rings. The Bertz CT molecular complexity index is 501. The summed E-state index contributed by atoms with van der Waals surface area (Å²) < 4.78 is 11.6. The van der Waals surface area contributed by atoms with E-state index in [9.17, 15) is 4.79 Å². The summed E-state index contributed by atoms with van der Waals surface area (Å²) in [4.78, 5) is 16.6. The maximum atomic E-state index is 11.9. The smallest absolute Gasteiger partial charge is 0.434 e. The molecule has 0 saturated heterocycles. The highest BCUT2D eigenvalue weighted by atomic mass is 16.5. The first-order valence-corrected chi connectivity index (χ1v) is 7.66. The lowest BCUT2D eigenvalue weighted by Gasteiger charge is -2.31. The summed E-state index contributed by atoms with van der Waals surface area (Å²) in [6.07, 6.45) is 3.17. The summed E-state index contributed by atoms with van der Waals surface area (Å²) in [6.45, 7) is 9.13. The molecule has 2 atom stereocenters. The molecule has 0 heterocycles. The zero-order chi connectivity index (χ0) is 15.8. The first-order valence-electron chi connectivity index (χ1n) is 7.66. The third kappa shape index (κ3) is 2.47. The van der Waals surface area contributed by atoms with E-state index in [0.29, 0.717) is 18.5 Å². The van der Waals surface area contributed by atoms with Crippen molar-refractivity contribution in [2.24, 2.45) is 21.7 Å². The van der Waals surface area contributed by atoms with Gasteiger partial charge in [-0.3, -0.25) is 0 Å². The highest BCUT2D eigenvalue weighted by Crippen LogP contribution is 2.60. The van der Waals surface area contributed by atoms with Crippen LogP contribution in [0.4, 0.5) is 4.79 Å². The number of carbonyl (C=O) groups is 1. The number of hydrogen-bond acceptors (Lipinski definition) is 3. The quantitative estimate of drug-likeness (QED) is 0.424. The fourth-order valence-electron chi connectivity index (χ4n) is 4.09. The second-order valence-corrected chi connectivity index (χ2v) is 6.88. The number of hydrogen-bond donors (Lipinski definition) is 0. The van der Waals surface area contributed by atoms with E-state index >= 15 is 0 Å². The molecule has 1 amide bonds. The van der Waals surface area contributed by atoms with Crippen LogP contribution in [0.25, 0.3) is 0 Å². The molecule has 0 radical (unpaired) electrons. The van der Waals surface area contributed by atoms with Crippen molar-refractivity contribution in [3.8, 4) is 0 Å². The van der Waals surface area contributed by atoms with Crippen molar-refractivity contribution in [2.45, 2.75) is 47.0 Å². The van der Waals surface area contributed by atoms with Crippen LogP contribution in [0.3, 0.4) is 0 Å². The van der Waals surface area contributed by atoms with Gasteiger partial charge in [-0.05, 0) is 37.1 Å². The topological polar surface area (TPSA) is 50.9 Å². The van der Waals surface area contributed by atoms with E-state index in [0.717, 1.165) is 5.71 Å². The van der Waals surface area contributed by atoms with Gasteiger partial charge in [0.2, 0.25) is 0 Å². The molecule has 0 aromatic heterocycles. The highest BCUT2D eigenvalue weighted by Gasteiger charge is 2.60. The Kier molecular flexibility index (Phi) is 4.13. The van der Waals surface area contributed by atoms with Crippen molar-refractivity contribution < 1.29 is 18.8 Å². The molecule has 0 N–H and O–H groups in total. The van der Waals surface area contributed by atoms with Gasteiger partial charge < -0.3 is 9.47 Å². The molecule has 0 aliphatic heterocycles. The molecule has 5 heteroatoms. The molecule has 0 aromatic carbocycles. The minimum Gasteiger partial charge on any atom is -0.434 e. The lowest BCUT2D eigenvalue weighted by molar-refractivity contribution is -0.451. The van der Waals surface area contributed by atoms with Gasteiger partial charge in [-0.1, -0.05) is 20.8 Å². The molecule has 2 rings (SSSR count). The average Bonchev–Trinajstić information content (AvgIpc) is 2.92. The molecule has 2 fully saturated rings. The van der Waals surface area contributed by atoms with Crippen LogP contribution in [-0.4, -0.2) is 43.2 Å². The van der Waals surface area contributed by atoms with Crippen molar-refractivity contribution in [2.75, 3.05) is 20.8 Å². The number of ether oxygens (including phenoxy) is 2. The Morgan fingerprint density at radius 3 is 2.43 bits per heavy atom. The monoisotopic (exact) mass is 295 g/mol. The minimum atomic E-state index is -0.440. The molecular weight excluding hydrogens is 268 g/mol. The average molecular weight is 295 g/mol. The Morgan fingerprint density at radius 1 is 1.33 bits per heavy atom. The van der Waals surface area contributed by atoms with Gasteiger partial charge >= 0.3 is 12.1 Å². The lowest BCUT2D eigenvalue weighted by atomic mass is 9.71. The molecule has 5 nitrogen and oxygen atoms in total. The van der Waals surface area contributed by atoms with E-state index in [2.05, 4.69) is 20.8 Å².